The molecule has 0 spiro atoms. The number of carboxylic acids is 1. The zero-order valence-corrected chi connectivity index (χ0v) is 13.7. The van der Waals surface area contributed by atoms with Crippen LogP contribution in [-0.2, 0) is 4.79 Å². The van der Waals surface area contributed by atoms with Gasteiger partial charge in [-0.2, -0.15) is 0 Å². The first-order valence-corrected chi connectivity index (χ1v) is 7.11. The van der Waals surface area contributed by atoms with E-state index in [1.54, 1.807) is 43.5 Å². The van der Waals surface area contributed by atoms with E-state index in [2.05, 4.69) is 0 Å². The third-order valence-electron chi connectivity index (χ3n) is 3.52. The zero-order valence-electron chi connectivity index (χ0n) is 13.7. The molecule has 3 N–H and O–H groups in total. The molecule has 0 saturated carbocycles. The zero-order chi connectivity index (χ0) is 17.7. The van der Waals surface area contributed by atoms with Crippen molar-refractivity contribution in [2.24, 2.45) is 0 Å². The molecule has 126 valence electrons. The van der Waals surface area contributed by atoms with E-state index in [1.807, 2.05) is 0 Å². The van der Waals surface area contributed by atoms with E-state index in [9.17, 15) is 9.90 Å². The van der Waals surface area contributed by atoms with Crippen LogP contribution in [-0.4, -0.2) is 32.4 Å². The molecule has 0 aliphatic carbocycles. The maximum absolute atomic E-state index is 11.7. The Morgan fingerprint density at radius 1 is 1.00 bits per heavy atom. The number of benzene rings is 2. The first-order valence-electron chi connectivity index (χ1n) is 7.11. The van der Waals surface area contributed by atoms with Crippen molar-refractivity contribution < 1.29 is 24.1 Å². The number of ether oxygens (including phenoxy) is 3. The van der Waals surface area contributed by atoms with Crippen molar-refractivity contribution >= 4 is 23.3 Å². The Morgan fingerprint density at radius 3 is 2.08 bits per heavy atom. The minimum Gasteiger partial charge on any atom is -0.497 e. The van der Waals surface area contributed by atoms with Crippen molar-refractivity contribution in [3.63, 3.8) is 0 Å². The summed E-state index contributed by atoms with van der Waals surface area (Å²) < 4.78 is 15.5. The van der Waals surface area contributed by atoms with Crippen LogP contribution in [0.1, 0.15) is 11.1 Å². The fourth-order valence-corrected chi connectivity index (χ4v) is 2.23. The van der Waals surface area contributed by atoms with Gasteiger partial charge in [-0.3, -0.25) is 0 Å². The van der Waals surface area contributed by atoms with E-state index in [1.165, 1.54) is 20.3 Å². The van der Waals surface area contributed by atoms with Crippen LogP contribution in [0.3, 0.4) is 0 Å². The number of hydrogen-bond donors (Lipinski definition) is 2. The smallest absolute Gasteiger partial charge is 0.336 e. The minimum atomic E-state index is -1.06. The van der Waals surface area contributed by atoms with Gasteiger partial charge in [-0.05, 0) is 29.8 Å². The van der Waals surface area contributed by atoms with Crippen LogP contribution in [0.2, 0.25) is 0 Å². The number of carbonyl (C=O) groups is 1. The Balaban J connectivity index is 2.53. The molecule has 2 aromatic rings. The second-order valence-corrected chi connectivity index (χ2v) is 4.93. The van der Waals surface area contributed by atoms with Gasteiger partial charge in [-0.1, -0.05) is 12.1 Å². The SMILES string of the molecule is COc1ccc(/C(=C\c2cc(OC)c(OC)cc2N)C(=O)O)cc1. The summed E-state index contributed by atoms with van der Waals surface area (Å²) in [6.45, 7) is 0. The third-order valence-corrected chi connectivity index (χ3v) is 3.52. The third kappa shape index (κ3) is 3.60. The highest BCUT2D eigenvalue weighted by molar-refractivity contribution is 6.21. The number of nitrogen functional groups attached to an aromatic ring is 1. The molecular weight excluding hydrogens is 310 g/mol. The van der Waals surface area contributed by atoms with Crippen LogP contribution < -0.4 is 19.9 Å². The quantitative estimate of drug-likeness (QED) is 0.481. The summed E-state index contributed by atoms with van der Waals surface area (Å²) in [5, 5.41) is 9.54. The summed E-state index contributed by atoms with van der Waals surface area (Å²) in [5.74, 6) is 0.536. The second-order valence-electron chi connectivity index (χ2n) is 4.93. The number of hydrogen-bond acceptors (Lipinski definition) is 5. The molecule has 24 heavy (non-hydrogen) atoms. The van der Waals surface area contributed by atoms with Crippen LogP contribution in [0.25, 0.3) is 11.6 Å². The largest absolute Gasteiger partial charge is 0.497 e. The summed E-state index contributed by atoms with van der Waals surface area (Å²) in [7, 11) is 4.56. The minimum absolute atomic E-state index is 0.108. The lowest BCUT2D eigenvalue weighted by Crippen LogP contribution is -2.01. The van der Waals surface area contributed by atoms with Gasteiger partial charge in [0.15, 0.2) is 11.5 Å². The molecular formula is C18H19NO5. The number of carboxylic acid groups (broad SMARTS) is 1. The fraction of sp³-hybridized carbons (Fsp3) is 0.167. The molecule has 0 heterocycles. The summed E-state index contributed by atoms with van der Waals surface area (Å²) in [6.07, 6.45) is 1.50. The maximum Gasteiger partial charge on any atom is 0.336 e. The van der Waals surface area contributed by atoms with Gasteiger partial charge < -0.3 is 25.1 Å². The Morgan fingerprint density at radius 2 is 1.58 bits per heavy atom. The van der Waals surface area contributed by atoms with Gasteiger partial charge in [-0.15, -0.1) is 0 Å². The van der Waals surface area contributed by atoms with Gasteiger partial charge in [0, 0.05) is 17.3 Å². The van der Waals surface area contributed by atoms with E-state index in [4.69, 9.17) is 19.9 Å². The summed E-state index contributed by atoms with van der Waals surface area (Å²) in [5.41, 5.74) is 7.56. The van der Waals surface area contributed by atoms with Crippen LogP contribution in [0.15, 0.2) is 36.4 Å². The molecule has 0 aliphatic rings. The second kappa shape index (κ2) is 7.41. The van der Waals surface area contributed by atoms with Crippen LogP contribution in [0, 0.1) is 0 Å². The lowest BCUT2D eigenvalue weighted by Gasteiger charge is -2.11. The molecule has 2 rings (SSSR count). The van der Waals surface area contributed by atoms with Gasteiger partial charge in [0.05, 0.1) is 26.9 Å². The monoisotopic (exact) mass is 329 g/mol. The van der Waals surface area contributed by atoms with Crippen molar-refractivity contribution in [2.75, 3.05) is 27.1 Å². The molecule has 2 aromatic carbocycles. The number of rotatable bonds is 6. The van der Waals surface area contributed by atoms with E-state index in [0.717, 1.165) is 0 Å². The fourth-order valence-electron chi connectivity index (χ4n) is 2.23. The Kier molecular flexibility index (Phi) is 5.31. The van der Waals surface area contributed by atoms with Crippen molar-refractivity contribution in [3.8, 4) is 17.2 Å². The summed E-state index contributed by atoms with van der Waals surface area (Å²) >= 11 is 0. The average Bonchev–Trinajstić information content (AvgIpc) is 2.60. The molecule has 0 atom stereocenters. The van der Waals surface area contributed by atoms with Gasteiger partial charge >= 0.3 is 5.97 Å². The van der Waals surface area contributed by atoms with Gasteiger partial charge in [-0.25, -0.2) is 4.79 Å². The van der Waals surface area contributed by atoms with Crippen molar-refractivity contribution in [3.05, 3.63) is 47.5 Å². The molecule has 0 saturated heterocycles. The molecule has 0 aromatic heterocycles. The molecule has 0 radical (unpaired) electrons. The van der Waals surface area contributed by atoms with E-state index in [-0.39, 0.29) is 5.57 Å². The first-order chi connectivity index (χ1) is 11.5. The maximum atomic E-state index is 11.7. The van der Waals surface area contributed by atoms with Crippen LogP contribution >= 0.6 is 0 Å². The number of methoxy groups -OCH3 is 3. The Labute approximate surface area is 140 Å². The molecule has 0 unspecified atom stereocenters. The normalized spacial score (nSPS) is 11.0. The molecule has 0 bridgehead atoms. The molecule has 0 amide bonds. The highest BCUT2D eigenvalue weighted by Gasteiger charge is 2.14. The van der Waals surface area contributed by atoms with E-state index >= 15 is 0 Å². The Bertz CT molecular complexity index is 766. The molecule has 0 aliphatic heterocycles. The van der Waals surface area contributed by atoms with Crippen LogP contribution in [0.5, 0.6) is 17.2 Å². The lowest BCUT2D eigenvalue weighted by atomic mass is 10.0. The predicted molar refractivity (Wildman–Crippen MR) is 92.5 cm³/mol. The van der Waals surface area contributed by atoms with Gasteiger partial charge in [0.2, 0.25) is 0 Å². The Hall–Kier alpha value is -3.15. The lowest BCUT2D eigenvalue weighted by molar-refractivity contribution is -0.130. The first kappa shape index (κ1) is 17.2. The topological polar surface area (TPSA) is 91.0 Å². The number of anilines is 1. The molecule has 6 heteroatoms. The molecule has 0 fully saturated rings. The average molecular weight is 329 g/mol. The number of aliphatic carboxylic acids is 1. The van der Waals surface area contributed by atoms with Gasteiger partial charge in [0.25, 0.3) is 0 Å². The van der Waals surface area contributed by atoms with E-state index in [0.29, 0.717) is 34.1 Å². The predicted octanol–water partition coefficient (Wildman–Crippen LogP) is 2.92. The van der Waals surface area contributed by atoms with Crippen molar-refractivity contribution in [1.82, 2.24) is 0 Å². The standard InChI is InChI=1S/C18H19NO5/c1-22-13-6-4-11(5-7-13)14(18(20)21)8-12-9-16(23-2)17(24-3)10-15(12)19/h4-10H,19H2,1-3H3,(H,20,21)/b14-8+. The number of nitrogens with two attached hydrogens (primary N) is 1. The van der Waals surface area contributed by atoms with Crippen molar-refractivity contribution in [1.29, 1.82) is 0 Å². The van der Waals surface area contributed by atoms with Gasteiger partial charge in [0.1, 0.15) is 5.75 Å². The highest BCUT2D eigenvalue weighted by atomic mass is 16.5. The summed E-state index contributed by atoms with van der Waals surface area (Å²) in [6, 6.07) is 9.98. The van der Waals surface area contributed by atoms with Crippen molar-refractivity contribution in [2.45, 2.75) is 0 Å². The van der Waals surface area contributed by atoms with Crippen LogP contribution in [0.4, 0.5) is 5.69 Å². The highest BCUT2D eigenvalue weighted by Crippen LogP contribution is 2.34. The molecule has 6 nitrogen and oxygen atoms in total. The van der Waals surface area contributed by atoms with E-state index < -0.39 is 5.97 Å². The summed E-state index contributed by atoms with van der Waals surface area (Å²) in [4.78, 5) is 11.7.